The van der Waals surface area contributed by atoms with E-state index in [0.29, 0.717) is 24.5 Å². The van der Waals surface area contributed by atoms with Gasteiger partial charge in [0, 0.05) is 31.8 Å². The van der Waals surface area contributed by atoms with Crippen molar-refractivity contribution in [3.05, 3.63) is 0 Å². The van der Waals surface area contributed by atoms with Crippen molar-refractivity contribution in [2.45, 2.75) is 70.6 Å². The number of alkyl carbamates (subject to hydrolysis) is 1. The molecule has 5 nitrogen and oxygen atoms in total. The average Bonchev–Trinajstić information content (AvgIpc) is 3.19. The van der Waals surface area contributed by atoms with Gasteiger partial charge in [0.05, 0.1) is 0 Å². The molecule has 2 N–H and O–H groups in total. The fourth-order valence-corrected chi connectivity index (χ4v) is 2.74. The third kappa shape index (κ3) is 6.66. The van der Waals surface area contributed by atoms with Gasteiger partial charge in [0.2, 0.25) is 0 Å². The summed E-state index contributed by atoms with van der Waals surface area (Å²) in [7, 11) is 0. The van der Waals surface area contributed by atoms with E-state index in [2.05, 4.69) is 10.6 Å². The largest absolute Gasteiger partial charge is 0.444 e. The molecule has 21 heavy (non-hydrogen) atoms. The van der Waals surface area contributed by atoms with Crippen LogP contribution in [0.15, 0.2) is 0 Å². The SMILES string of the molecule is CC(C)(C)OC(=O)NCC(NC1CCCOCC1)C1CC1. The number of carbonyl (C=O) groups excluding carboxylic acids is 1. The summed E-state index contributed by atoms with van der Waals surface area (Å²) < 4.78 is 10.8. The molecule has 1 aliphatic carbocycles. The first-order valence-electron chi connectivity index (χ1n) is 8.25. The minimum absolute atomic E-state index is 0.320. The zero-order chi connectivity index (χ0) is 15.3. The molecule has 1 saturated heterocycles. The Morgan fingerprint density at radius 2 is 2.00 bits per heavy atom. The van der Waals surface area contributed by atoms with Crippen LogP contribution >= 0.6 is 0 Å². The van der Waals surface area contributed by atoms with Gasteiger partial charge < -0.3 is 20.1 Å². The Bertz CT molecular complexity index is 329. The van der Waals surface area contributed by atoms with E-state index in [9.17, 15) is 4.79 Å². The standard InChI is InChI=1S/C16H30N2O3/c1-16(2,3)21-15(19)17-11-14(12-6-7-12)18-13-5-4-9-20-10-8-13/h12-14,18H,4-11H2,1-3H3,(H,17,19). The molecule has 2 unspecified atom stereocenters. The van der Waals surface area contributed by atoms with Crippen molar-refractivity contribution in [2.24, 2.45) is 5.92 Å². The molecule has 0 spiro atoms. The number of hydrogen-bond acceptors (Lipinski definition) is 4. The predicted octanol–water partition coefficient (Wildman–Crippen LogP) is 2.45. The van der Waals surface area contributed by atoms with Crippen LogP contribution in [0, 0.1) is 5.92 Å². The van der Waals surface area contributed by atoms with Crippen LogP contribution in [0.25, 0.3) is 0 Å². The Kier molecular flexibility index (Phi) is 5.88. The molecule has 2 atom stereocenters. The molecule has 122 valence electrons. The van der Waals surface area contributed by atoms with Crippen molar-refractivity contribution in [2.75, 3.05) is 19.8 Å². The Balaban J connectivity index is 1.75. The Morgan fingerprint density at radius 3 is 2.67 bits per heavy atom. The Labute approximate surface area is 128 Å². The molecule has 2 fully saturated rings. The monoisotopic (exact) mass is 298 g/mol. The van der Waals surface area contributed by atoms with Gasteiger partial charge in [-0.25, -0.2) is 4.79 Å². The summed E-state index contributed by atoms with van der Waals surface area (Å²) in [5.41, 5.74) is -0.439. The van der Waals surface area contributed by atoms with Crippen molar-refractivity contribution in [1.29, 1.82) is 0 Å². The van der Waals surface area contributed by atoms with Crippen LogP contribution in [-0.2, 0) is 9.47 Å². The van der Waals surface area contributed by atoms with E-state index in [-0.39, 0.29) is 6.09 Å². The lowest BCUT2D eigenvalue weighted by atomic mass is 10.1. The summed E-state index contributed by atoms with van der Waals surface area (Å²) in [5, 5.41) is 6.64. The molecule has 5 heteroatoms. The Hall–Kier alpha value is -0.810. The van der Waals surface area contributed by atoms with Crippen molar-refractivity contribution in [3.63, 3.8) is 0 Å². The lowest BCUT2D eigenvalue weighted by Crippen LogP contribution is -2.47. The predicted molar refractivity (Wildman–Crippen MR) is 82.3 cm³/mol. The van der Waals surface area contributed by atoms with E-state index < -0.39 is 5.60 Å². The maximum Gasteiger partial charge on any atom is 0.407 e. The second kappa shape index (κ2) is 7.45. The maximum atomic E-state index is 11.8. The molecule has 0 aromatic rings. The molecule has 1 aliphatic heterocycles. The van der Waals surface area contributed by atoms with Gasteiger partial charge in [0.25, 0.3) is 0 Å². The number of nitrogens with one attached hydrogen (secondary N) is 2. The third-order valence-electron chi connectivity index (χ3n) is 3.96. The van der Waals surface area contributed by atoms with Gasteiger partial charge in [-0.15, -0.1) is 0 Å². The number of carbonyl (C=O) groups is 1. The van der Waals surface area contributed by atoms with Crippen molar-refractivity contribution in [3.8, 4) is 0 Å². The zero-order valence-corrected chi connectivity index (χ0v) is 13.6. The van der Waals surface area contributed by atoms with E-state index in [1.807, 2.05) is 20.8 Å². The minimum Gasteiger partial charge on any atom is -0.444 e. The van der Waals surface area contributed by atoms with Crippen LogP contribution < -0.4 is 10.6 Å². The topological polar surface area (TPSA) is 59.6 Å². The zero-order valence-electron chi connectivity index (χ0n) is 13.6. The molecule has 2 rings (SSSR count). The lowest BCUT2D eigenvalue weighted by molar-refractivity contribution is 0.0519. The number of amides is 1. The first-order chi connectivity index (χ1) is 9.94. The summed E-state index contributed by atoms with van der Waals surface area (Å²) in [6.07, 6.45) is 5.55. The third-order valence-corrected chi connectivity index (χ3v) is 3.96. The molecule has 0 radical (unpaired) electrons. The quantitative estimate of drug-likeness (QED) is 0.818. The van der Waals surface area contributed by atoms with E-state index in [4.69, 9.17) is 9.47 Å². The van der Waals surface area contributed by atoms with Crippen molar-refractivity contribution >= 4 is 6.09 Å². The van der Waals surface area contributed by atoms with Gasteiger partial charge in [-0.1, -0.05) is 0 Å². The van der Waals surface area contributed by atoms with Gasteiger partial charge in [-0.3, -0.25) is 0 Å². The van der Waals surface area contributed by atoms with E-state index >= 15 is 0 Å². The average molecular weight is 298 g/mol. The lowest BCUT2D eigenvalue weighted by Gasteiger charge is -2.26. The van der Waals surface area contributed by atoms with E-state index in [1.165, 1.54) is 12.8 Å². The van der Waals surface area contributed by atoms with Crippen molar-refractivity contribution < 1.29 is 14.3 Å². The molecule has 1 amide bonds. The first kappa shape index (κ1) is 16.6. The van der Waals surface area contributed by atoms with Gasteiger partial charge in [0.1, 0.15) is 5.60 Å². The molecule has 0 bridgehead atoms. The molecule has 1 saturated carbocycles. The van der Waals surface area contributed by atoms with Crippen LogP contribution in [-0.4, -0.2) is 43.5 Å². The van der Waals surface area contributed by atoms with Gasteiger partial charge >= 0.3 is 6.09 Å². The van der Waals surface area contributed by atoms with Gasteiger partial charge in [-0.05, 0) is 58.8 Å². The Morgan fingerprint density at radius 1 is 1.24 bits per heavy atom. The highest BCUT2D eigenvalue weighted by molar-refractivity contribution is 5.67. The molecule has 2 aliphatic rings. The molecule has 0 aromatic heterocycles. The fourth-order valence-electron chi connectivity index (χ4n) is 2.74. The molecular weight excluding hydrogens is 268 g/mol. The number of ether oxygens (including phenoxy) is 2. The van der Waals surface area contributed by atoms with Crippen LogP contribution in [0.5, 0.6) is 0 Å². The highest BCUT2D eigenvalue weighted by Gasteiger charge is 2.33. The fraction of sp³-hybridized carbons (Fsp3) is 0.938. The second-order valence-corrected chi connectivity index (χ2v) is 7.23. The van der Waals surface area contributed by atoms with Crippen LogP contribution in [0.2, 0.25) is 0 Å². The van der Waals surface area contributed by atoms with Gasteiger partial charge in [-0.2, -0.15) is 0 Å². The number of rotatable bonds is 5. The minimum atomic E-state index is -0.439. The number of hydrogen-bond donors (Lipinski definition) is 2. The van der Waals surface area contributed by atoms with E-state index in [0.717, 1.165) is 32.5 Å². The highest BCUT2D eigenvalue weighted by Crippen LogP contribution is 2.33. The molecule has 1 heterocycles. The van der Waals surface area contributed by atoms with Crippen LogP contribution in [0.4, 0.5) is 4.79 Å². The maximum absolute atomic E-state index is 11.8. The van der Waals surface area contributed by atoms with Crippen LogP contribution in [0.3, 0.4) is 0 Å². The van der Waals surface area contributed by atoms with Crippen LogP contribution in [0.1, 0.15) is 52.9 Å². The second-order valence-electron chi connectivity index (χ2n) is 7.23. The summed E-state index contributed by atoms with van der Waals surface area (Å²) in [6.45, 7) is 8.02. The molecular formula is C16H30N2O3. The smallest absolute Gasteiger partial charge is 0.407 e. The van der Waals surface area contributed by atoms with Crippen molar-refractivity contribution in [1.82, 2.24) is 10.6 Å². The summed E-state index contributed by atoms with van der Waals surface area (Å²) in [5.74, 6) is 0.698. The molecule has 0 aromatic carbocycles. The summed E-state index contributed by atoms with van der Waals surface area (Å²) >= 11 is 0. The highest BCUT2D eigenvalue weighted by atomic mass is 16.6. The van der Waals surface area contributed by atoms with E-state index in [1.54, 1.807) is 0 Å². The summed E-state index contributed by atoms with van der Waals surface area (Å²) in [6, 6.07) is 0.874. The first-order valence-corrected chi connectivity index (χ1v) is 8.25. The normalized spacial score (nSPS) is 25.0. The summed E-state index contributed by atoms with van der Waals surface area (Å²) in [4.78, 5) is 11.8. The van der Waals surface area contributed by atoms with Gasteiger partial charge in [0.15, 0.2) is 0 Å².